The molecule has 1 saturated carbocycles. The fourth-order valence-corrected chi connectivity index (χ4v) is 4.41. The van der Waals surface area contributed by atoms with Gasteiger partial charge < -0.3 is 5.11 Å². The zero-order valence-electron chi connectivity index (χ0n) is 14.4. The van der Waals surface area contributed by atoms with Gasteiger partial charge in [0.1, 0.15) is 0 Å². The van der Waals surface area contributed by atoms with E-state index in [1.54, 1.807) is 0 Å². The summed E-state index contributed by atoms with van der Waals surface area (Å²) in [5.74, 6) is 0.158. The van der Waals surface area contributed by atoms with Gasteiger partial charge in [-0.25, -0.2) is 0 Å². The number of carboxylic acid groups (broad SMARTS) is 1. The van der Waals surface area contributed by atoms with Gasteiger partial charge in [0, 0.05) is 44.4 Å². The van der Waals surface area contributed by atoms with Crippen LogP contribution in [0.15, 0.2) is 6.20 Å². The lowest BCUT2D eigenvalue weighted by atomic mass is 9.85. The molecule has 0 aromatic carbocycles. The maximum absolute atomic E-state index is 11.4. The van der Waals surface area contributed by atoms with Crippen molar-refractivity contribution in [2.24, 2.45) is 18.9 Å². The van der Waals surface area contributed by atoms with E-state index in [0.717, 1.165) is 19.5 Å². The van der Waals surface area contributed by atoms with Gasteiger partial charge in [0.2, 0.25) is 0 Å². The van der Waals surface area contributed by atoms with Gasteiger partial charge in [-0.15, -0.1) is 0 Å². The molecule has 0 bridgehead atoms. The SMILES string of the molecule is CC1CC(C(=O)O)CN(Cc2cn(C)nc2C2CCCCC2)C1. The lowest BCUT2D eigenvalue weighted by Crippen LogP contribution is -2.42. The third kappa shape index (κ3) is 3.94. The first-order valence-corrected chi connectivity index (χ1v) is 9.00. The van der Waals surface area contributed by atoms with Crippen LogP contribution in [-0.2, 0) is 18.4 Å². The van der Waals surface area contributed by atoms with Crippen LogP contribution in [0.2, 0.25) is 0 Å². The minimum absolute atomic E-state index is 0.228. The zero-order valence-corrected chi connectivity index (χ0v) is 14.4. The first-order chi connectivity index (χ1) is 11.0. The highest BCUT2D eigenvalue weighted by Gasteiger charge is 2.30. The second kappa shape index (κ2) is 7.04. The van der Waals surface area contributed by atoms with E-state index in [-0.39, 0.29) is 5.92 Å². The highest BCUT2D eigenvalue weighted by molar-refractivity contribution is 5.70. The van der Waals surface area contributed by atoms with Crippen molar-refractivity contribution in [3.8, 4) is 0 Å². The van der Waals surface area contributed by atoms with Gasteiger partial charge in [0.05, 0.1) is 11.6 Å². The normalized spacial score (nSPS) is 27.2. The summed E-state index contributed by atoms with van der Waals surface area (Å²) in [6.45, 7) is 4.66. The molecule has 1 aliphatic carbocycles. The summed E-state index contributed by atoms with van der Waals surface area (Å²) in [7, 11) is 1.99. The van der Waals surface area contributed by atoms with Gasteiger partial charge in [-0.3, -0.25) is 14.4 Å². The van der Waals surface area contributed by atoms with Crippen molar-refractivity contribution in [3.63, 3.8) is 0 Å². The van der Waals surface area contributed by atoms with Crippen LogP contribution >= 0.6 is 0 Å². The maximum Gasteiger partial charge on any atom is 0.307 e. The minimum atomic E-state index is -0.653. The first-order valence-electron chi connectivity index (χ1n) is 9.00. The van der Waals surface area contributed by atoms with E-state index in [2.05, 4.69) is 18.0 Å². The quantitative estimate of drug-likeness (QED) is 0.927. The number of hydrogen-bond donors (Lipinski definition) is 1. The van der Waals surface area contributed by atoms with Crippen molar-refractivity contribution in [1.82, 2.24) is 14.7 Å². The summed E-state index contributed by atoms with van der Waals surface area (Å²) in [6, 6.07) is 0. The molecule has 2 heterocycles. The molecule has 2 fully saturated rings. The average molecular weight is 319 g/mol. The summed E-state index contributed by atoms with van der Waals surface area (Å²) in [4.78, 5) is 13.7. The fourth-order valence-electron chi connectivity index (χ4n) is 4.41. The second-order valence-electron chi connectivity index (χ2n) is 7.62. The van der Waals surface area contributed by atoms with Crippen LogP contribution in [0.25, 0.3) is 0 Å². The van der Waals surface area contributed by atoms with E-state index >= 15 is 0 Å². The molecule has 0 amide bonds. The smallest absolute Gasteiger partial charge is 0.307 e. The number of nitrogens with zero attached hydrogens (tertiary/aromatic N) is 3. The molecule has 1 saturated heterocycles. The Hall–Kier alpha value is -1.36. The van der Waals surface area contributed by atoms with Gasteiger partial charge in [0.25, 0.3) is 0 Å². The molecular weight excluding hydrogens is 290 g/mol. The van der Waals surface area contributed by atoms with Crippen LogP contribution in [0.4, 0.5) is 0 Å². The number of carboxylic acids is 1. The van der Waals surface area contributed by atoms with Gasteiger partial charge >= 0.3 is 5.97 Å². The third-order valence-electron chi connectivity index (χ3n) is 5.41. The van der Waals surface area contributed by atoms with Crippen LogP contribution in [0.3, 0.4) is 0 Å². The summed E-state index contributed by atoms with van der Waals surface area (Å²) in [6.07, 6.45) is 9.40. The highest BCUT2D eigenvalue weighted by Crippen LogP contribution is 2.34. The number of carbonyl (C=O) groups is 1. The summed E-state index contributed by atoms with van der Waals surface area (Å²) < 4.78 is 1.93. The van der Waals surface area contributed by atoms with Crippen LogP contribution in [0.5, 0.6) is 0 Å². The summed E-state index contributed by atoms with van der Waals surface area (Å²) in [5.41, 5.74) is 2.56. The second-order valence-corrected chi connectivity index (χ2v) is 7.62. The maximum atomic E-state index is 11.4. The molecule has 1 N–H and O–H groups in total. The van der Waals surface area contributed by atoms with E-state index in [4.69, 9.17) is 5.10 Å². The largest absolute Gasteiger partial charge is 0.481 e. The third-order valence-corrected chi connectivity index (χ3v) is 5.41. The molecule has 0 spiro atoms. The van der Waals surface area contributed by atoms with Gasteiger partial charge in [0.15, 0.2) is 0 Å². The van der Waals surface area contributed by atoms with Gasteiger partial charge in [-0.05, 0) is 25.2 Å². The van der Waals surface area contributed by atoms with Crippen molar-refractivity contribution in [3.05, 3.63) is 17.5 Å². The Morgan fingerprint density at radius 2 is 2.04 bits per heavy atom. The molecule has 2 atom stereocenters. The van der Waals surface area contributed by atoms with Crippen LogP contribution in [-0.4, -0.2) is 38.8 Å². The molecule has 2 aliphatic rings. The topological polar surface area (TPSA) is 58.4 Å². The van der Waals surface area contributed by atoms with E-state index in [9.17, 15) is 9.90 Å². The fraction of sp³-hybridized carbons (Fsp3) is 0.778. The Kier molecular flexibility index (Phi) is 5.05. The molecule has 1 aromatic heterocycles. The molecule has 1 aliphatic heterocycles. The van der Waals surface area contributed by atoms with Crippen molar-refractivity contribution in [1.29, 1.82) is 0 Å². The predicted molar refractivity (Wildman–Crippen MR) is 89.2 cm³/mol. The van der Waals surface area contributed by atoms with E-state index in [1.807, 2.05) is 11.7 Å². The lowest BCUT2D eigenvalue weighted by molar-refractivity contribution is -0.144. The molecule has 5 heteroatoms. The number of piperidine rings is 1. The minimum Gasteiger partial charge on any atom is -0.481 e. The molecule has 0 radical (unpaired) electrons. The zero-order chi connectivity index (χ0) is 16.4. The van der Waals surface area contributed by atoms with Crippen LogP contribution < -0.4 is 0 Å². The van der Waals surface area contributed by atoms with E-state index in [1.165, 1.54) is 43.4 Å². The Morgan fingerprint density at radius 1 is 1.30 bits per heavy atom. The Bertz CT molecular complexity index is 548. The van der Waals surface area contributed by atoms with Crippen molar-refractivity contribution < 1.29 is 9.90 Å². The van der Waals surface area contributed by atoms with E-state index in [0.29, 0.717) is 18.4 Å². The number of aliphatic carboxylic acids is 1. The molecule has 5 nitrogen and oxygen atoms in total. The monoisotopic (exact) mass is 319 g/mol. The number of likely N-dealkylation sites (tertiary alicyclic amines) is 1. The molecule has 23 heavy (non-hydrogen) atoms. The highest BCUT2D eigenvalue weighted by atomic mass is 16.4. The average Bonchev–Trinajstić information content (AvgIpc) is 2.88. The number of rotatable bonds is 4. The molecule has 2 unspecified atom stereocenters. The Morgan fingerprint density at radius 3 is 2.74 bits per heavy atom. The van der Waals surface area contributed by atoms with Crippen LogP contribution in [0, 0.1) is 11.8 Å². The van der Waals surface area contributed by atoms with Crippen molar-refractivity contribution in [2.75, 3.05) is 13.1 Å². The first kappa shape index (κ1) is 16.5. The molecule has 128 valence electrons. The number of hydrogen-bond acceptors (Lipinski definition) is 3. The van der Waals surface area contributed by atoms with Crippen molar-refractivity contribution >= 4 is 5.97 Å². The van der Waals surface area contributed by atoms with Gasteiger partial charge in [-0.1, -0.05) is 26.2 Å². The Labute approximate surface area is 138 Å². The molecular formula is C18H29N3O2. The number of aromatic nitrogens is 2. The van der Waals surface area contributed by atoms with Gasteiger partial charge in [-0.2, -0.15) is 5.10 Å². The predicted octanol–water partition coefficient (Wildman–Crippen LogP) is 3.01. The van der Waals surface area contributed by atoms with Crippen LogP contribution in [0.1, 0.15) is 62.6 Å². The standard InChI is InChI=1S/C18H29N3O2/c1-13-8-15(18(22)23)11-21(9-13)12-16-10-20(2)19-17(16)14-6-4-3-5-7-14/h10,13-15H,3-9,11-12H2,1-2H3,(H,22,23). The molecule has 3 rings (SSSR count). The lowest BCUT2D eigenvalue weighted by Gasteiger charge is -2.34. The Balaban J connectivity index is 1.73. The molecule has 1 aromatic rings. The summed E-state index contributed by atoms with van der Waals surface area (Å²) in [5, 5.41) is 14.1. The van der Waals surface area contributed by atoms with Crippen molar-refractivity contribution in [2.45, 2.75) is 57.9 Å². The summed E-state index contributed by atoms with van der Waals surface area (Å²) >= 11 is 0. The number of aryl methyl sites for hydroxylation is 1. The van der Waals surface area contributed by atoms with E-state index < -0.39 is 5.97 Å².